The summed E-state index contributed by atoms with van der Waals surface area (Å²) in [6.07, 6.45) is 0. The zero-order valence-electron chi connectivity index (χ0n) is 13.0. The molecule has 0 amide bonds. The number of rotatable bonds is 4. The average molecular weight is 288 g/mol. The van der Waals surface area contributed by atoms with E-state index in [0.29, 0.717) is 0 Å². The summed E-state index contributed by atoms with van der Waals surface area (Å²) in [7, 11) is 1.76. The lowest BCUT2D eigenvalue weighted by Gasteiger charge is -2.29. The van der Waals surface area contributed by atoms with Crippen molar-refractivity contribution in [1.29, 1.82) is 0 Å². The normalized spacial score (nSPS) is 13.5. The van der Waals surface area contributed by atoms with Crippen LogP contribution in [0.3, 0.4) is 0 Å². The molecule has 0 saturated carbocycles. The summed E-state index contributed by atoms with van der Waals surface area (Å²) < 4.78 is 5.86. The van der Waals surface area contributed by atoms with Gasteiger partial charge in [-0.2, -0.15) is 0 Å². The first-order valence-electron chi connectivity index (χ1n) is 7.51. The molecule has 1 atom stereocenters. The maximum absolute atomic E-state index is 5.86. The van der Waals surface area contributed by atoms with Crippen molar-refractivity contribution in [2.24, 2.45) is 0 Å². The van der Waals surface area contributed by atoms with E-state index < -0.39 is 5.60 Å². The molecule has 3 rings (SSSR count). The van der Waals surface area contributed by atoms with Crippen LogP contribution in [0.1, 0.15) is 18.1 Å². The van der Waals surface area contributed by atoms with E-state index in [1.165, 1.54) is 11.1 Å². The second kappa shape index (κ2) is 6.17. The van der Waals surface area contributed by atoms with E-state index in [-0.39, 0.29) is 0 Å². The Labute approximate surface area is 132 Å². The van der Waals surface area contributed by atoms with Crippen LogP contribution in [-0.2, 0) is 10.3 Å². The van der Waals surface area contributed by atoms with Crippen LogP contribution in [0, 0.1) is 0 Å². The molecule has 0 aliphatic heterocycles. The van der Waals surface area contributed by atoms with Gasteiger partial charge in [-0.3, -0.25) is 0 Å². The Hall–Kier alpha value is -2.38. The van der Waals surface area contributed by atoms with Crippen molar-refractivity contribution in [2.75, 3.05) is 7.11 Å². The summed E-state index contributed by atoms with van der Waals surface area (Å²) in [5, 5.41) is 0. The van der Waals surface area contributed by atoms with Gasteiger partial charge >= 0.3 is 0 Å². The smallest absolute Gasteiger partial charge is 0.115 e. The van der Waals surface area contributed by atoms with Crippen molar-refractivity contribution in [3.05, 3.63) is 96.1 Å². The number of benzene rings is 3. The molecule has 0 aliphatic rings. The van der Waals surface area contributed by atoms with E-state index in [0.717, 1.165) is 11.1 Å². The van der Waals surface area contributed by atoms with Crippen molar-refractivity contribution in [1.82, 2.24) is 0 Å². The van der Waals surface area contributed by atoms with Gasteiger partial charge < -0.3 is 4.74 Å². The molecule has 1 nitrogen and oxygen atoms in total. The maximum Gasteiger partial charge on any atom is 0.115 e. The first-order chi connectivity index (χ1) is 10.7. The fourth-order valence-electron chi connectivity index (χ4n) is 2.77. The van der Waals surface area contributed by atoms with E-state index in [9.17, 15) is 0 Å². The molecule has 0 aliphatic carbocycles. The number of hydrogen-bond donors (Lipinski definition) is 0. The maximum atomic E-state index is 5.86. The zero-order valence-corrected chi connectivity index (χ0v) is 13.0. The van der Waals surface area contributed by atoms with E-state index in [1.807, 2.05) is 24.3 Å². The molecular formula is C21H20O. The van der Waals surface area contributed by atoms with Crippen LogP contribution >= 0.6 is 0 Å². The Balaban J connectivity index is 1.98. The third-order valence-electron chi connectivity index (χ3n) is 4.28. The second-order valence-electron chi connectivity index (χ2n) is 5.55. The molecule has 22 heavy (non-hydrogen) atoms. The largest absolute Gasteiger partial charge is 0.369 e. The molecule has 0 saturated heterocycles. The monoisotopic (exact) mass is 288 g/mol. The predicted molar refractivity (Wildman–Crippen MR) is 91.8 cm³/mol. The highest BCUT2D eigenvalue weighted by molar-refractivity contribution is 5.63. The molecule has 3 aromatic rings. The van der Waals surface area contributed by atoms with Crippen molar-refractivity contribution < 1.29 is 4.74 Å². The summed E-state index contributed by atoms with van der Waals surface area (Å²) in [6.45, 7) is 2.11. The van der Waals surface area contributed by atoms with Gasteiger partial charge in [0, 0.05) is 7.11 Å². The van der Waals surface area contributed by atoms with Crippen molar-refractivity contribution in [3.63, 3.8) is 0 Å². The Morgan fingerprint density at radius 1 is 0.591 bits per heavy atom. The van der Waals surface area contributed by atoms with Crippen LogP contribution in [0.2, 0.25) is 0 Å². The van der Waals surface area contributed by atoms with Crippen LogP contribution in [-0.4, -0.2) is 7.11 Å². The molecule has 110 valence electrons. The Kier molecular flexibility index (Phi) is 4.08. The highest BCUT2D eigenvalue weighted by Crippen LogP contribution is 2.33. The number of methoxy groups -OCH3 is 1. The summed E-state index contributed by atoms with van der Waals surface area (Å²) in [5.41, 5.74) is 4.32. The van der Waals surface area contributed by atoms with Crippen LogP contribution < -0.4 is 0 Å². The molecule has 0 radical (unpaired) electrons. The molecular weight excluding hydrogens is 268 g/mol. The summed E-state index contributed by atoms with van der Waals surface area (Å²) in [6, 6.07) is 29.4. The van der Waals surface area contributed by atoms with E-state index in [2.05, 4.69) is 67.6 Å². The number of ether oxygens (including phenoxy) is 1. The highest BCUT2D eigenvalue weighted by Gasteiger charge is 2.28. The summed E-state index contributed by atoms with van der Waals surface area (Å²) in [5.74, 6) is 0. The SMILES string of the molecule is CO[C@](C)(c1ccccc1)c1ccc(-c2ccccc2)cc1. The van der Waals surface area contributed by atoms with E-state index in [4.69, 9.17) is 4.74 Å². The first-order valence-corrected chi connectivity index (χ1v) is 7.51. The fourth-order valence-corrected chi connectivity index (χ4v) is 2.77. The number of hydrogen-bond acceptors (Lipinski definition) is 1. The predicted octanol–water partition coefficient (Wildman–Crippen LogP) is 5.26. The van der Waals surface area contributed by atoms with E-state index >= 15 is 0 Å². The van der Waals surface area contributed by atoms with Crippen LogP contribution in [0.4, 0.5) is 0 Å². The lowest BCUT2D eigenvalue weighted by atomic mass is 9.87. The molecule has 0 fully saturated rings. The quantitative estimate of drug-likeness (QED) is 0.636. The minimum absolute atomic E-state index is 0.434. The molecule has 0 spiro atoms. The van der Waals surface area contributed by atoms with Gasteiger partial charge in [-0.15, -0.1) is 0 Å². The third kappa shape index (κ3) is 2.68. The van der Waals surface area contributed by atoms with Gasteiger partial charge in [-0.1, -0.05) is 84.9 Å². The van der Waals surface area contributed by atoms with Crippen molar-refractivity contribution >= 4 is 0 Å². The molecule has 0 heterocycles. The lowest BCUT2D eigenvalue weighted by Crippen LogP contribution is -2.25. The molecule has 0 aromatic heterocycles. The van der Waals surface area contributed by atoms with Crippen LogP contribution in [0.15, 0.2) is 84.9 Å². The van der Waals surface area contributed by atoms with Crippen LogP contribution in [0.25, 0.3) is 11.1 Å². The van der Waals surface area contributed by atoms with Gasteiger partial charge in [-0.05, 0) is 29.2 Å². The topological polar surface area (TPSA) is 9.23 Å². The minimum atomic E-state index is -0.434. The van der Waals surface area contributed by atoms with Gasteiger partial charge in [0.2, 0.25) is 0 Å². The fraction of sp³-hybridized carbons (Fsp3) is 0.143. The van der Waals surface area contributed by atoms with Gasteiger partial charge in [0.25, 0.3) is 0 Å². The highest BCUT2D eigenvalue weighted by atomic mass is 16.5. The first kappa shape index (κ1) is 14.6. The molecule has 0 unspecified atom stereocenters. The van der Waals surface area contributed by atoms with Gasteiger partial charge in [0.15, 0.2) is 0 Å². The Morgan fingerprint density at radius 2 is 1.05 bits per heavy atom. The lowest BCUT2D eigenvalue weighted by molar-refractivity contribution is 0.0391. The average Bonchev–Trinajstić information content (AvgIpc) is 2.63. The molecule has 0 bridgehead atoms. The Morgan fingerprint density at radius 3 is 1.59 bits per heavy atom. The van der Waals surface area contributed by atoms with E-state index in [1.54, 1.807) is 7.11 Å². The standard InChI is InChI=1S/C21H20O/c1-21(22-2,19-11-7-4-8-12-19)20-15-13-18(14-16-20)17-9-5-3-6-10-17/h3-16H,1-2H3/t21-/m1/s1. The second-order valence-corrected chi connectivity index (χ2v) is 5.55. The van der Waals surface area contributed by atoms with Gasteiger partial charge in [0.1, 0.15) is 5.60 Å². The van der Waals surface area contributed by atoms with Gasteiger partial charge in [-0.25, -0.2) is 0 Å². The molecule has 3 aromatic carbocycles. The molecule has 0 N–H and O–H groups in total. The Bertz CT molecular complexity index is 717. The minimum Gasteiger partial charge on any atom is -0.369 e. The molecule has 1 heteroatoms. The summed E-state index contributed by atoms with van der Waals surface area (Å²) in [4.78, 5) is 0. The van der Waals surface area contributed by atoms with Crippen molar-refractivity contribution in [2.45, 2.75) is 12.5 Å². The third-order valence-corrected chi connectivity index (χ3v) is 4.28. The van der Waals surface area contributed by atoms with Gasteiger partial charge in [0.05, 0.1) is 0 Å². The van der Waals surface area contributed by atoms with Crippen LogP contribution in [0.5, 0.6) is 0 Å². The van der Waals surface area contributed by atoms with Crippen molar-refractivity contribution in [3.8, 4) is 11.1 Å². The zero-order chi connectivity index (χ0) is 15.4. The summed E-state index contributed by atoms with van der Waals surface area (Å²) >= 11 is 0.